The standard InChI is InChI=1S/C18H35N3O2/c1-18(2,3)23-17(22)21-11-9-14(13-21)8-10-20-16-7-5-4-6-15(16)12-19/h14-16,20H,4-13,19H2,1-3H3. The summed E-state index contributed by atoms with van der Waals surface area (Å²) in [6, 6.07) is 0.595. The molecule has 0 bridgehead atoms. The zero-order valence-electron chi connectivity index (χ0n) is 15.1. The van der Waals surface area contributed by atoms with Crippen LogP contribution >= 0.6 is 0 Å². The van der Waals surface area contributed by atoms with Gasteiger partial charge in [-0.25, -0.2) is 4.79 Å². The van der Waals surface area contributed by atoms with Crippen LogP contribution in [0.1, 0.15) is 59.3 Å². The fraction of sp³-hybridized carbons (Fsp3) is 0.944. The fourth-order valence-electron chi connectivity index (χ4n) is 3.79. The number of nitrogens with one attached hydrogen (secondary N) is 1. The van der Waals surface area contributed by atoms with Crippen LogP contribution < -0.4 is 11.1 Å². The summed E-state index contributed by atoms with van der Waals surface area (Å²) in [5.74, 6) is 1.24. The van der Waals surface area contributed by atoms with Crippen molar-refractivity contribution in [3.63, 3.8) is 0 Å². The fourth-order valence-corrected chi connectivity index (χ4v) is 3.79. The number of carbonyl (C=O) groups excluding carboxylic acids is 1. The first-order valence-corrected chi connectivity index (χ1v) is 9.30. The molecule has 1 saturated heterocycles. The number of hydrogen-bond donors (Lipinski definition) is 2. The van der Waals surface area contributed by atoms with Gasteiger partial charge in [-0.3, -0.25) is 0 Å². The monoisotopic (exact) mass is 325 g/mol. The second kappa shape index (κ2) is 8.34. The molecule has 23 heavy (non-hydrogen) atoms. The molecule has 0 aromatic heterocycles. The van der Waals surface area contributed by atoms with Crippen molar-refractivity contribution in [3.8, 4) is 0 Å². The highest BCUT2D eigenvalue weighted by molar-refractivity contribution is 5.68. The molecule has 1 heterocycles. The second-order valence-electron chi connectivity index (χ2n) is 8.21. The molecule has 3 atom stereocenters. The number of nitrogens with zero attached hydrogens (tertiary/aromatic N) is 1. The molecule has 3 N–H and O–H groups in total. The van der Waals surface area contributed by atoms with Crippen molar-refractivity contribution in [3.05, 3.63) is 0 Å². The molecular weight excluding hydrogens is 290 g/mol. The van der Waals surface area contributed by atoms with Crippen molar-refractivity contribution >= 4 is 6.09 Å². The lowest BCUT2D eigenvalue weighted by molar-refractivity contribution is 0.0287. The Kier molecular flexibility index (Phi) is 6.72. The number of likely N-dealkylation sites (tertiary alicyclic amines) is 1. The summed E-state index contributed by atoms with van der Waals surface area (Å²) < 4.78 is 5.46. The van der Waals surface area contributed by atoms with Gasteiger partial charge in [-0.1, -0.05) is 12.8 Å². The van der Waals surface area contributed by atoms with Crippen molar-refractivity contribution in [2.75, 3.05) is 26.2 Å². The van der Waals surface area contributed by atoms with Crippen LogP contribution in [0.15, 0.2) is 0 Å². The zero-order valence-corrected chi connectivity index (χ0v) is 15.1. The number of hydrogen-bond acceptors (Lipinski definition) is 4. The maximum Gasteiger partial charge on any atom is 0.410 e. The van der Waals surface area contributed by atoms with Crippen molar-refractivity contribution < 1.29 is 9.53 Å². The van der Waals surface area contributed by atoms with Crippen LogP contribution in [-0.2, 0) is 4.74 Å². The van der Waals surface area contributed by atoms with Gasteiger partial charge in [0.2, 0.25) is 0 Å². The van der Waals surface area contributed by atoms with E-state index in [0.29, 0.717) is 17.9 Å². The van der Waals surface area contributed by atoms with Gasteiger partial charge >= 0.3 is 6.09 Å². The minimum Gasteiger partial charge on any atom is -0.444 e. The maximum atomic E-state index is 12.1. The van der Waals surface area contributed by atoms with Crippen LogP contribution in [0.5, 0.6) is 0 Å². The second-order valence-corrected chi connectivity index (χ2v) is 8.21. The molecule has 1 aliphatic carbocycles. The SMILES string of the molecule is CC(C)(C)OC(=O)N1CCC(CCNC2CCCCC2CN)C1. The first-order valence-electron chi connectivity index (χ1n) is 9.30. The number of amides is 1. The van der Waals surface area contributed by atoms with Gasteiger partial charge in [0.15, 0.2) is 0 Å². The van der Waals surface area contributed by atoms with Crippen molar-refractivity contribution in [1.82, 2.24) is 10.2 Å². The summed E-state index contributed by atoms with van der Waals surface area (Å²) in [6.07, 6.45) is 7.24. The molecule has 0 aromatic carbocycles. The van der Waals surface area contributed by atoms with Gasteiger partial charge in [0.05, 0.1) is 0 Å². The number of rotatable bonds is 5. The number of nitrogens with two attached hydrogens (primary N) is 1. The molecule has 5 nitrogen and oxygen atoms in total. The topological polar surface area (TPSA) is 67.6 Å². The quantitative estimate of drug-likeness (QED) is 0.815. The van der Waals surface area contributed by atoms with Crippen LogP contribution in [-0.4, -0.2) is 48.8 Å². The Labute approximate surface area is 141 Å². The summed E-state index contributed by atoms with van der Waals surface area (Å²) in [5, 5.41) is 3.72. The maximum absolute atomic E-state index is 12.1. The largest absolute Gasteiger partial charge is 0.444 e. The Hall–Kier alpha value is -0.810. The molecule has 134 valence electrons. The minimum absolute atomic E-state index is 0.163. The van der Waals surface area contributed by atoms with Gasteiger partial charge < -0.3 is 20.7 Å². The smallest absolute Gasteiger partial charge is 0.410 e. The minimum atomic E-state index is -0.408. The van der Waals surface area contributed by atoms with E-state index in [1.807, 2.05) is 25.7 Å². The molecule has 1 aliphatic heterocycles. The van der Waals surface area contributed by atoms with Gasteiger partial charge in [-0.2, -0.15) is 0 Å². The summed E-state index contributed by atoms with van der Waals surface area (Å²) >= 11 is 0. The summed E-state index contributed by atoms with van der Waals surface area (Å²) in [4.78, 5) is 13.9. The van der Waals surface area contributed by atoms with Crippen molar-refractivity contribution in [2.24, 2.45) is 17.6 Å². The molecule has 0 radical (unpaired) electrons. The normalized spacial score (nSPS) is 28.9. The molecule has 1 amide bonds. The summed E-state index contributed by atoms with van der Waals surface area (Å²) in [6.45, 7) is 9.25. The molecule has 2 fully saturated rings. The third kappa shape index (κ3) is 5.96. The molecule has 2 aliphatic rings. The lowest BCUT2D eigenvalue weighted by Crippen LogP contribution is -2.42. The summed E-state index contributed by atoms with van der Waals surface area (Å²) in [7, 11) is 0. The third-order valence-corrected chi connectivity index (χ3v) is 5.11. The van der Waals surface area contributed by atoms with Crippen molar-refractivity contribution in [2.45, 2.75) is 70.9 Å². The van der Waals surface area contributed by atoms with E-state index < -0.39 is 5.60 Å². The predicted molar refractivity (Wildman–Crippen MR) is 93.3 cm³/mol. The van der Waals surface area contributed by atoms with Gasteiger partial charge in [0.25, 0.3) is 0 Å². The highest BCUT2D eigenvalue weighted by Crippen LogP contribution is 2.25. The van der Waals surface area contributed by atoms with Crippen LogP contribution in [0.3, 0.4) is 0 Å². The molecule has 5 heteroatoms. The van der Waals surface area contributed by atoms with Crippen molar-refractivity contribution in [1.29, 1.82) is 0 Å². The number of carbonyl (C=O) groups is 1. The van der Waals surface area contributed by atoms with Gasteiger partial charge in [0, 0.05) is 19.1 Å². The van der Waals surface area contributed by atoms with E-state index in [-0.39, 0.29) is 6.09 Å². The number of ether oxygens (including phenoxy) is 1. The molecule has 2 rings (SSSR count). The van der Waals surface area contributed by atoms with E-state index in [0.717, 1.165) is 39.0 Å². The van der Waals surface area contributed by atoms with E-state index >= 15 is 0 Å². The highest BCUT2D eigenvalue weighted by Gasteiger charge is 2.30. The summed E-state index contributed by atoms with van der Waals surface area (Å²) in [5.41, 5.74) is 5.48. The third-order valence-electron chi connectivity index (χ3n) is 5.11. The average molecular weight is 325 g/mol. The average Bonchev–Trinajstić information content (AvgIpc) is 2.95. The van der Waals surface area contributed by atoms with Gasteiger partial charge in [-0.05, 0) is 71.4 Å². The first kappa shape index (κ1) is 18.5. The molecule has 0 spiro atoms. The predicted octanol–water partition coefficient (Wildman–Crippen LogP) is 2.74. The Balaban J connectivity index is 1.66. The highest BCUT2D eigenvalue weighted by atomic mass is 16.6. The van der Waals surface area contributed by atoms with E-state index in [2.05, 4.69) is 5.32 Å². The van der Waals surface area contributed by atoms with Crippen LogP contribution in [0.4, 0.5) is 4.79 Å². The van der Waals surface area contributed by atoms with Crippen LogP contribution in [0.2, 0.25) is 0 Å². The van der Waals surface area contributed by atoms with Crippen LogP contribution in [0, 0.1) is 11.8 Å². The van der Waals surface area contributed by atoms with E-state index in [1.165, 1.54) is 25.7 Å². The Morgan fingerprint density at radius 2 is 2.00 bits per heavy atom. The van der Waals surface area contributed by atoms with Gasteiger partial charge in [-0.15, -0.1) is 0 Å². The molecule has 0 aromatic rings. The van der Waals surface area contributed by atoms with E-state index in [1.54, 1.807) is 0 Å². The lowest BCUT2D eigenvalue weighted by Gasteiger charge is -2.31. The first-order chi connectivity index (χ1) is 10.9. The zero-order chi connectivity index (χ0) is 16.9. The lowest BCUT2D eigenvalue weighted by atomic mass is 9.84. The Morgan fingerprint density at radius 1 is 1.26 bits per heavy atom. The Morgan fingerprint density at radius 3 is 2.70 bits per heavy atom. The molecule has 1 saturated carbocycles. The van der Waals surface area contributed by atoms with E-state index in [9.17, 15) is 4.79 Å². The van der Waals surface area contributed by atoms with Gasteiger partial charge in [0.1, 0.15) is 5.60 Å². The molecule has 3 unspecified atom stereocenters. The molecular formula is C18H35N3O2. The Bertz CT molecular complexity index is 381. The van der Waals surface area contributed by atoms with E-state index in [4.69, 9.17) is 10.5 Å². The van der Waals surface area contributed by atoms with Crippen LogP contribution in [0.25, 0.3) is 0 Å².